The average Bonchev–Trinajstić information content (AvgIpc) is 2.40. The van der Waals surface area contributed by atoms with Gasteiger partial charge in [-0.05, 0) is 24.1 Å². The van der Waals surface area contributed by atoms with E-state index in [-0.39, 0.29) is 0 Å². The fourth-order valence-electron chi connectivity index (χ4n) is 1.73. The first kappa shape index (κ1) is 14.7. The molecule has 1 N–H and O–H groups in total. The zero-order valence-electron chi connectivity index (χ0n) is 11.0. The van der Waals surface area contributed by atoms with Crippen LogP contribution >= 0.6 is 11.6 Å². The molecule has 0 amide bonds. The molecule has 0 bridgehead atoms. The number of anilines is 1. The second kappa shape index (κ2) is 6.61. The molecule has 0 aliphatic carbocycles. The molecule has 1 aromatic heterocycles. The van der Waals surface area contributed by atoms with Crippen LogP contribution in [0.1, 0.15) is 24.7 Å². The molecule has 106 valence electrons. The summed E-state index contributed by atoms with van der Waals surface area (Å²) in [5.41, 5.74) is 0.621. The maximum Gasteiger partial charge on any atom is 0.159 e. The monoisotopic (exact) mass is 297 g/mol. The summed E-state index contributed by atoms with van der Waals surface area (Å²) >= 11 is 5.91. The number of rotatable bonds is 5. The van der Waals surface area contributed by atoms with Crippen molar-refractivity contribution in [3.63, 3.8) is 0 Å². The fourth-order valence-corrected chi connectivity index (χ4v) is 1.93. The minimum Gasteiger partial charge on any atom is -0.366 e. The van der Waals surface area contributed by atoms with Crippen molar-refractivity contribution in [3.05, 3.63) is 52.4 Å². The Bertz CT molecular complexity index is 605. The molecule has 0 unspecified atom stereocenters. The molecule has 0 fully saturated rings. The Morgan fingerprint density at radius 3 is 2.65 bits per heavy atom. The predicted molar refractivity (Wildman–Crippen MR) is 74.7 cm³/mol. The SMILES string of the molecule is CCCc1nc(Cl)cc(NCc2ccc(F)c(F)c2)n1. The smallest absolute Gasteiger partial charge is 0.159 e. The third kappa shape index (κ3) is 3.87. The number of aromatic nitrogens is 2. The summed E-state index contributed by atoms with van der Waals surface area (Å²) in [5.74, 6) is -0.494. The van der Waals surface area contributed by atoms with Gasteiger partial charge in [0.05, 0.1) is 0 Å². The van der Waals surface area contributed by atoms with Gasteiger partial charge in [0.2, 0.25) is 0 Å². The first-order chi connectivity index (χ1) is 9.58. The van der Waals surface area contributed by atoms with E-state index in [1.54, 1.807) is 6.07 Å². The van der Waals surface area contributed by atoms with Crippen molar-refractivity contribution in [1.82, 2.24) is 9.97 Å². The Kier molecular flexibility index (Phi) is 4.84. The van der Waals surface area contributed by atoms with E-state index in [2.05, 4.69) is 15.3 Å². The molecule has 2 rings (SSSR count). The molecule has 0 atom stereocenters. The van der Waals surface area contributed by atoms with Gasteiger partial charge in [-0.25, -0.2) is 18.7 Å². The van der Waals surface area contributed by atoms with E-state index in [1.807, 2.05) is 6.92 Å². The van der Waals surface area contributed by atoms with Crippen LogP contribution in [-0.4, -0.2) is 9.97 Å². The van der Waals surface area contributed by atoms with E-state index >= 15 is 0 Å². The third-order valence-corrected chi connectivity index (χ3v) is 2.87. The van der Waals surface area contributed by atoms with Gasteiger partial charge in [-0.2, -0.15) is 0 Å². The summed E-state index contributed by atoms with van der Waals surface area (Å²) in [6, 6.07) is 5.36. The van der Waals surface area contributed by atoms with Crippen molar-refractivity contribution in [3.8, 4) is 0 Å². The number of nitrogens with one attached hydrogen (secondary N) is 1. The highest BCUT2D eigenvalue weighted by Crippen LogP contribution is 2.15. The van der Waals surface area contributed by atoms with Crippen LogP contribution < -0.4 is 5.32 Å². The Morgan fingerprint density at radius 1 is 1.15 bits per heavy atom. The lowest BCUT2D eigenvalue weighted by atomic mass is 10.2. The Morgan fingerprint density at radius 2 is 1.95 bits per heavy atom. The minimum absolute atomic E-state index is 0.329. The van der Waals surface area contributed by atoms with E-state index in [0.717, 1.165) is 25.0 Å². The van der Waals surface area contributed by atoms with Crippen LogP contribution in [0.5, 0.6) is 0 Å². The molecule has 3 nitrogen and oxygen atoms in total. The standard InChI is InChI=1S/C14H14ClF2N3/c1-2-3-13-19-12(15)7-14(20-13)18-8-9-4-5-10(16)11(17)6-9/h4-7H,2-3,8H2,1H3,(H,18,19,20). The second-order valence-corrected chi connectivity index (χ2v) is 4.73. The average molecular weight is 298 g/mol. The van der Waals surface area contributed by atoms with E-state index in [4.69, 9.17) is 11.6 Å². The quantitative estimate of drug-likeness (QED) is 0.849. The largest absolute Gasteiger partial charge is 0.366 e. The number of aryl methyl sites for hydroxylation is 1. The molecule has 0 aliphatic heterocycles. The van der Waals surface area contributed by atoms with Crippen LogP contribution in [0, 0.1) is 11.6 Å². The van der Waals surface area contributed by atoms with Crippen molar-refractivity contribution in [1.29, 1.82) is 0 Å². The molecule has 0 aliphatic rings. The number of halogens is 3. The molecule has 2 aromatic rings. The number of benzene rings is 1. The van der Waals surface area contributed by atoms with Crippen LogP contribution in [0.3, 0.4) is 0 Å². The topological polar surface area (TPSA) is 37.8 Å². The van der Waals surface area contributed by atoms with Gasteiger partial charge in [0, 0.05) is 19.0 Å². The normalized spacial score (nSPS) is 10.6. The summed E-state index contributed by atoms with van der Waals surface area (Å²) in [5, 5.41) is 3.38. The summed E-state index contributed by atoms with van der Waals surface area (Å²) < 4.78 is 25.9. The molecule has 0 spiro atoms. The van der Waals surface area contributed by atoms with Crippen LogP contribution in [0.4, 0.5) is 14.6 Å². The molecule has 1 aromatic carbocycles. The Hall–Kier alpha value is -1.75. The number of hydrogen-bond acceptors (Lipinski definition) is 3. The zero-order chi connectivity index (χ0) is 14.5. The third-order valence-electron chi connectivity index (χ3n) is 2.67. The lowest BCUT2D eigenvalue weighted by Crippen LogP contribution is -2.05. The molecule has 0 radical (unpaired) electrons. The summed E-state index contributed by atoms with van der Waals surface area (Å²) in [7, 11) is 0. The highest BCUT2D eigenvalue weighted by Gasteiger charge is 2.05. The lowest BCUT2D eigenvalue weighted by molar-refractivity contribution is 0.507. The Labute approximate surface area is 121 Å². The second-order valence-electron chi connectivity index (χ2n) is 4.34. The zero-order valence-corrected chi connectivity index (χ0v) is 11.7. The summed E-state index contributed by atoms with van der Waals surface area (Å²) in [6.07, 6.45) is 1.66. The predicted octanol–water partition coefficient (Wildman–Crippen LogP) is 3.97. The van der Waals surface area contributed by atoms with E-state index < -0.39 is 11.6 Å². The van der Waals surface area contributed by atoms with Crippen molar-refractivity contribution in [2.75, 3.05) is 5.32 Å². The fraction of sp³-hybridized carbons (Fsp3) is 0.286. The van der Waals surface area contributed by atoms with Gasteiger partial charge in [-0.15, -0.1) is 0 Å². The highest BCUT2D eigenvalue weighted by atomic mass is 35.5. The van der Waals surface area contributed by atoms with Crippen LogP contribution in [0.25, 0.3) is 0 Å². The van der Waals surface area contributed by atoms with Crippen LogP contribution in [0.2, 0.25) is 5.15 Å². The van der Waals surface area contributed by atoms with Gasteiger partial charge in [-0.3, -0.25) is 0 Å². The van der Waals surface area contributed by atoms with Gasteiger partial charge >= 0.3 is 0 Å². The molecular weight excluding hydrogens is 284 g/mol. The van der Waals surface area contributed by atoms with E-state index in [9.17, 15) is 8.78 Å². The van der Waals surface area contributed by atoms with Crippen molar-refractivity contribution < 1.29 is 8.78 Å². The Balaban J connectivity index is 2.08. The van der Waals surface area contributed by atoms with E-state index in [1.165, 1.54) is 6.07 Å². The van der Waals surface area contributed by atoms with Gasteiger partial charge in [0.1, 0.15) is 16.8 Å². The van der Waals surface area contributed by atoms with Crippen molar-refractivity contribution >= 4 is 17.4 Å². The summed E-state index contributed by atoms with van der Waals surface area (Å²) in [6.45, 7) is 2.36. The van der Waals surface area contributed by atoms with Gasteiger partial charge < -0.3 is 5.32 Å². The maximum absolute atomic E-state index is 13.1. The van der Waals surface area contributed by atoms with Gasteiger partial charge in [0.25, 0.3) is 0 Å². The first-order valence-electron chi connectivity index (χ1n) is 6.29. The highest BCUT2D eigenvalue weighted by molar-refractivity contribution is 6.29. The van der Waals surface area contributed by atoms with E-state index in [0.29, 0.717) is 28.9 Å². The van der Waals surface area contributed by atoms with Gasteiger partial charge in [0.15, 0.2) is 11.6 Å². The first-order valence-corrected chi connectivity index (χ1v) is 6.67. The molecule has 1 heterocycles. The summed E-state index contributed by atoms with van der Waals surface area (Å²) in [4.78, 5) is 8.41. The maximum atomic E-state index is 13.1. The van der Waals surface area contributed by atoms with Crippen LogP contribution in [0.15, 0.2) is 24.3 Å². The number of hydrogen-bond donors (Lipinski definition) is 1. The van der Waals surface area contributed by atoms with Crippen LogP contribution in [-0.2, 0) is 13.0 Å². The number of nitrogens with zero attached hydrogens (tertiary/aromatic N) is 2. The molecule has 0 saturated heterocycles. The molecule has 0 saturated carbocycles. The molecular formula is C14H14ClF2N3. The van der Waals surface area contributed by atoms with Gasteiger partial charge in [-0.1, -0.05) is 24.6 Å². The van der Waals surface area contributed by atoms with Crippen molar-refractivity contribution in [2.24, 2.45) is 0 Å². The van der Waals surface area contributed by atoms with Crippen molar-refractivity contribution in [2.45, 2.75) is 26.3 Å². The molecule has 20 heavy (non-hydrogen) atoms. The molecule has 6 heteroatoms. The minimum atomic E-state index is -0.864. The lowest BCUT2D eigenvalue weighted by Gasteiger charge is -2.08.